The molecule has 0 fully saturated rings. The lowest BCUT2D eigenvalue weighted by molar-refractivity contribution is 0.273. The topological polar surface area (TPSA) is 37.5 Å². The number of hydrogen-bond donors (Lipinski definition) is 1. The van der Waals surface area contributed by atoms with Crippen LogP contribution in [0.4, 0.5) is 5.69 Å². The third-order valence-electron chi connectivity index (χ3n) is 2.54. The normalized spacial score (nSPS) is 12.1. The van der Waals surface area contributed by atoms with Crippen LogP contribution in [0, 0.1) is 13.8 Å². The minimum atomic E-state index is 0.137. The summed E-state index contributed by atoms with van der Waals surface area (Å²) >= 11 is 1.60. The van der Waals surface area contributed by atoms with E-state index < -0.39 is 0 Å². The molecule has 2 rings (SSSR count). The molecule has 17 heavy (non-hydrogen) atoms. The molecule has 1 aromatic carbocycles. The van der Waals surface area contributed by atoms with E-state index in [9.17, 15) is 0 Å². The van der Waals surface area contributed by atoms with Gasteiger partial charge in [-0.3, -0.25) is 0 Å². The molecule has 4 heteroatoms. The Balaban J connectivity index is 2.46. The first-order chi connectivity index (χ1) is 8.20. The van der Waals surface area contributed by atoms with Gasteiger partial charge in [-0.2, -0.15) is 0 Å². The highest BCUT2D eigenvalue weighted by Crippen LogP contribution is 2.13. The molecule has 0 unspecified atom stereocenters. The molecule has 0 saturated heterocycles. The van der Waals surface area contributed by atoms with Crippen LogP contribution in [0.25, 0.3) is 0 Å². The summed E-state index contributed by atoms with van der Waals surface area (Å²) in [6, 6.07) is 8.11. The number of nitrogens with zero attached hydrogens (tertiary/aromatic N) is 2. The number of rotatable bonds is 3. The van der Waals surface area contributed by atoms with E-state index in [-0.39, 0.29) is 6.61 Å². The number of aromatic nitrogens is 1. The van der Waals surface area contributed by atoms with Gasteiger partial charge in [0.25, 0.3) is 0 Å². The molecule has 1 aromatic heterocycles. The average Bonchev–Trinajstić information content (AvgIpc) is 2.62. The maximum Gasteiger partial charge on any atom is 0.190 e. The van der Waals surface area contributed by atoms with Crippen molar-refractivity contribution in [2.24, 2.45) is 4.99 Å². The van der Waals surface area contributed by atoms with E-state index in [0.717, 1.165) is 16.2 Å². The van der Waals surface area contributed by atoms with Crippen molar-refractivity contribution in [1.29, 1.82) is 0 Å². The van der Waals surface area contributed by atoms with Gasteiger partial charge in [0.1, 0.15) is 0 Å². The summed E-state index contributed by atoms with van der Waals surface area (Å²) in [4.78, 5) is 5.54. The Kier molecular flexibility index (Phi) is 3.76. The molecular weight excluding hydrogens is 232 g/mol. The molecule has 0 atom stereocenters. The van der Waals surface area contributed by atoms with Crippen LogP contribution in [0.2, 0.25) is 0 Å². The van der Waals surface area contributed by atoms with E-state index in [4.69, 9.17) is 5.11 Å². The first-order valence-corrected chi connectivity index (χ1v) is 6.46. The smallest absolute Gasteiger partial charge is 0.190 e. The van der Waals surface area contributed by atoms with Crippen LogP contribution in [-0.4, -0.2) is 16.3 Å². The molecule has 0 aliphatic carbocycles. The van der Waals surface area contributed by atoms with Crippen LogP contribution in [0.15, 0.2) is 34.6 Å². The highest BCUT2D eigenvalue weighted by atomic mass is 32.1. The Morgan fingerprint density at radius 1 is 1.35 bits per heavy atom. The van der Waals surface area contributed by atoms with Gasteiger partial charge < -0.3 is 9.67 Å². The van der Waals surface area contributed by atoms with Crippen molar-refractivity contribution >= 4 is 17.0 Å². The summed E-state index contributed by atoms with van der Waals surface area (Å²) in [7, 11) is 0. The van der Waals surface area contributed by atoms with Crippen molar-refractivity contribution in [2.75, 3.05) is 6.61 Å². The second-order valence-corrected chi connectivity index (χ2v) is 4.82. The monoisotopic (exact) mass is 248 g/mol. The molecule has 0 radical (unpaired) electrons. The minimum absolute atomic E-state index is 0.137. The molecule has 0 aliphatic heterocycles. The first-order valence-electron chi connectivity index (χ1n) is 5.58. The molecule has 0 aliphatic rings. The summed E-state index contributed by atoms with van der Waals surface area (Å²) < 4.78 is 2.03. The van der Waals surface area contributed by atoms with Gasteiger partial charge in [0, 0.05) is 17.6 Å². The van der Waals surface area contributed by atoms with E-state index in [1.807, 2.05) is 23.6 Å². The molecule has 3 nitrogen and oxygen atoms in total. The van der Waals surface area contributed by atoms with Gasteiger partial charge in [-0.1, -0.05) is 12.1 Å². The van der Waals surface area contributed by atoms with Crippen LogP contribution < -0.4 is 4.80 Å². The quantitative estimate of drug-likeness (QED) is 0.889. The maximum absolute atomic E-state index is 9.04. The highest BCUT2D eigenvalue weighted by Gasteiger charge is 2.00. The second kappa shape index (κ2) is 5.29. The van der Waals surface area contributed by atoms with Crippen molar-refractivity contribution in [3.63, 3.8) is 0 Å². The lowest BCUT2D eigenvalue weighted by Crippen LogP contribution is -2.17. The molecule has 0 bridgehead atoms. The average molecular weight is 248 g/mol. The maximum atomic E-state index is 9.04. The number of aliphatic hydroxyl groups is 1. The Bertz CT molecular complexity index is 569. The van der Waals surface area contributed by atoms with Crippen LogP contribution in [-0.2, 0) is 6.54 Å². The summed E-state index contributed by atoms with van der Waals surface area (Å²) in [5, 5.41) is 11.1. The second-order valence-electron chi connectivity index (χ2n) is 3.99. The molecule has 1 N–H and O–H groups in total. The first kappa shape index (κ1) is 12.1. The zero-order valence-electron chi connectivity index (χ0n) is 10.1. The Morgan fingerprint density at radius 2 is 2.18 bits per heavy atom. The SMILES string of the molecule is Cc1cccc(N=c2scc(C)n2CCO)c1. The molecular formula is C13H16N2OS. The number of thiazole rings is 1. The van der Waals surface area contributed by atoms with Crippen molar-refractivity contribution in [3.8, 4) is 0 Å². The van der Waals surface area contributed by atoms with Crippen molar-refractivity contribution in [1.82, 2.24) is 4.57 Å². The van der Waals surface area contributed by atoms with E-state index in [0.29, 0.717) is 6.54 Å². The van der Waals surface area contributed by atoms with Gasteiger partial charge >= 0.3 is 0 Å². The molecule has 0 spiro atoms. The Labute approximate surface area is 105 Å². The van der Waals surface area contributed by atoms with Crippen molar-refractivity contribution in [2.45, 2.75) is 20.4 Å². The molecule has 0 amide bonds. The van der Waals surface area contributed by atoms with Gasteiger partial charge in [0.2, 0.25) is 0 Å². The van der Waals surface area contributed by atoms with Crippen molar-refractivity contribution < 1.29 is 5.11 Å². The van der Waals surface area contributed by atoms with Gasteiger partial charge in [-0.15, -0.1) is 11.3 Å². The molecule has 0 saturated carbocycles. The van der Waals surface area contributed by atoms with E-state index >= 15 is 0 Å². The minimum Gasteiger partial charge on any atom is -0.395 e. The summed E-state index contributed by atoms with van der Waals surface area (Å²) in [6.45, 7) is 4.82. The van der Waals surface area contributed by atoms with E-state index in [2.05, 4.69) is 29.4 Å². The number of aryl methyl sites for hydroxylation is 2. The Morgan fingerprint density at radius 3 is 2.88 bits per heavy atom. The third-order valence-corrected chi connectivity index (χ3v) is 3.52. The number of benzene rings is 1. The highest BCUT2D eigenvalue weighted by molar-refractivity contribution is 7.07. The number of hydrogen-bond acceptors (Lipinski definition) is 3. The lowest BCUT2D eigenvalue weighted by Gasteiger charge is -2.02. The van der Waals surface area contributed by atoms with Crippen LogP contribution >= 0.6 is 11.3 Å². The predicted molar refractivity (Wildman–Crippen MR) is 70.5 cm³/mol. The van der Waals surface area contributed by atoms with Gasteiger partial charge in [0.05, 0.1) is 12.3 Å². The zero-order chi connectivity index (χ0) is 12.3. The molecule has 1 heterocycles. The van der Waals surface area contributed by atoms with E-state index in [1.165, 1.54) is 5.56 Å². The largest absolute Gasteiger partial charge is 0.395 e. The van der Waals surface area contributed by atoms with Crippen molar-refractivity contribution in [3.05, 3.63) is 45.7 Å². The van der Waals surface area contributed by atoms with Crippen LogP contribution in [0.5, 0.6) is 0 Å². The van der Waals surface area contributed by atoms with Gasteiger partial charge in [-0.25, -0.2) is 4.99 Å². The molecule has 2 aromatic rings. The van der Waals surface area contributed by atoms with E-state index in [1.54, 1.807) is 11.3 Å². The van der Waals surface area contributed by atoms with Gasteiger partial charge in [-0.05, 0) is 31.5 Å². The van der Waals surface area contributed by atoms with Gasteiger partial charge in [0.15, 0.2) is 4.80 Å². The predicted octanol–water partition coefficient (Wildman–Crippen LogP) is 2.39. The summed E-state index contributed by atoms with van der Waals surface area (Å²) in [5.41, 5.74) is 3.29. The Hall–Kier alpha value is -1.39. The lowest BCUT2D eigenvalue weighted by atomic mass is 10.2. The summed E-state index contributed by atoms with van der Waals surface area (Å²) in [5.74, 6) is 0. The fourth-order valence-electron chi connectivity index (χ4n) is 1.68. The zero-order valence-corrected chi connectivity index (χ0v) is 10.9. The standard InChI is InChI=1S/C13H16N2OS/c1-10-4-3-5-12(8-10)14-13-15(6-7-16)11(2)9-17-13/h3-5,8-9,16H,6-7H2,1-2H3. The fraction of sp³-hybridized carbons (Fsp3) is 0.308. The fourth-order valence-corrected chi connectivity index (χ4v) is 2.61. The molecule has 90 valence electrons. The van der Waals surface area contributed by atoms with Crippen LogP contribution in [0.1, 0.15) is 11.3 Å². The summed E-state index contributed by atoms with van der Waals surface area (Å²) in [6.07, 6.45) is 0. The third kappa shape index (κ3) is 2.84. The van der Waals surface area contributed by atoms with Crippen LogP contribution in [0.3, 0.4) is 0 Å². The number of aliphatic hydroxyl groups excluding tert-OH is 1.